The lowest BCUT2D eigenvalue weighted by molar-refractivity contribution is -0.135. The minimum Gasteiger partial charge on any atom is -0.381 e. The summed E-state index contributed by atoms with van der Waals surface area (Å²) in [6, 6.07) is -0.469. The van der Waals surface area contributed by atoms with Crippen LogP contribution in [0.15, 0.2) is 0 Å². The number of nitrogens with one attached hydrogen (secondary N) is 1. The fourth-order valence-corrected chi connectivity index (χ4v) is 3.05. The third-order valence-electron chi connectivity index (χ3n) is 4.84. The third kappa shape index (κ3) is 4.99. The predicted octanol–water partition coefficient (Wildman–Crippen LogP) is 1.30. The largest absolute Gasteiger partial charge is 0.381 e. The fraction of sp³-hybridized carbons (Fsp3) is 0.875. The first-order valence-corrected chi connectivity index (χ1v) is 8.28. The molecule has 0 aromatic rings. The van der Waals surface area contributed by atoms with E-state index in [0.29, 0.717) is 24.9 Å². The SMILES string of the molecule is CC(C(O)C(=O)NCC1CC1)N(C=O)CC1CCCCC1. The molecule has 2 N–H and O–H groups in total. The molecule has 2 rings (SSSR count). The molecule has 2 unspecified atom stereocenters. The predicted molar refractivity (Wildman–Crippen MR) is 80.5 cm³/mol. The first-order valence-electron chi connectivity index (χ1n) is 8.28. The lowest BCUT2D eigenvalue weighted by Crippen LogP contribution is -2.50. The van der Waals surface area contributed by atoms with E-state index < -0.39 is 12.1 Å². The van der Waals surface area contributed by atoms with Gasteiger partial charge in [-0.3, -0.25) is 9.59 Å². The van der Waals surface area contributed by atoms with E-state index in [4.69, 9.17) is 0 Å². The van der Waals surface area contributed by atoms with Gasteiger partial charge in [0.25, 0.3) is 5.91 Å². The maximum atomic E-state index is 11.9. The normalized spacial score (nSPS) is 22.4. The van der Waals surface area contributed by atoms with Gasteiger partial charge in [-0.15, -0.1) is 0 Å². The van der Waals surface area contributed by atoms with Crippen molar-refractivity contribution in [3.8, 4) is 0 Å². The first-order chi connectivity index (χ1) is 10.1. The van der Waals surface area contributed by atoms with Crippen LogP contribution in [0.25, 0.3) is 0 Å². The third-order valence-corrected chi connectivity index (χ3v) is 4.84. The van der Waals surface area contributed by atoms with Crippen LogP contribution in [0, 0.1) is 11.8 Å². The highest BCUT2D eigenvalue weighted by Crippen LogP contribution is 2.27. The first kappa shape index (κ1) is 16.3. The zero-order valence-electron chi connectivity index (χ0n) is 13.0. The van der Waals surface area contributed by atoms with Gasteiger partial charge in [0, 0.05) is 13.1 Å². The smallest absolute Gasteiger partial charge is 0.250 e. The van der Waals surface area contributed by atoms with E-state index in [9.17, 15) is 14.7 Å². The van der Waals surface area contributed by atoms with Crippen molar-refractivity contribution in [3.63, 3.8) is 0 Å². The second-order valence-corrected chi connectivity index (χ2v) is 6.68. The van der Waals surface area contributed by atoms with Gasteiger partial charge in [-0.2, -0.15) is 0 Å². The summed E-state index contributed by atoms with van der Waals surface area (Å²) in [5.41, 5.74) is 0. The summed E-state index contributed by atoms with van der Waals surface area (Å²) in [4.78, 5) is 24.8. The molecule has 5 heteroatoms. The number of carbonyl (C=O) groups excluding carboxylic acids is 2. The number of amides is 2. The molecule has 0 aliphatic heterocycles. The van der Waals surface area contributed by atoms with E-state index >= 15 is 0 Å². The van der Waals surface area contributed by atoms with Crippen molar-refractivity contribution in [1.82, 2.24) is 10.2 Å². The van der Waals surface area contributed by atoms with Crippen LogP contribution in [-0.2, 0) is 9.59 Å². The number of aliphatic hydroxyl groups is 1. The van der Waals surface area contributed by atoms with Crippen molar-refractivity contribution in [2.75, 3.05) is 13.1 Å². The highest BCUT2D eigenvalue weighted by molar-refractivity contribution is 5.81. The monoisotopic (exact) mass is 296 g/mol. The van der Waals surface area contributed by atoms with Gasteiger partial charge in [0.1, 0.15) is 0 Å². The molecule has 2 aliphatic carbocycles. The molecule has 120 valence electrons. The van der Waals surface area contributed by atoms with Gasteiger partial charge in [0.05, 0.1) is 6.04 Å². The van der Waals surface area contributed by atoms with Crippen molar-refractivity contribution in [1.29, 1.82) is 0 Å². The quantitative estimate of drug-likeness (QED) is 0.663. The summed E-state index contributed by atoms with van der Waals surface area (Å²) in [5.74, 6) is 0.735. The summed E-state index contributed by atoms with van der Waals surface area (Å²) in [6.07, 6.45) is 7.95. The Bertz CT molecular complexity index is 351. The molecule has 0 bridgehead atoms. The molecule has 0 saturated heterocycles. The molecule has 2 amide bonds. The van der Waals surface area contributed by atoms with Crippen LogP contribution in [0.4, 0.5) is 0 Å². The van der Waals surface area contributed by atoms with E-state index in [1.807, 2.05) is 0 Å². The molecule has 0 radical (unpaired) electrons. The molecular weight excluding hydrogens is 268 g/mol. The molecule has 2 fully saturated rings. The average molecular weight is 296 g/mol. The minimum atomic E-state index is -1.14. The zero-order valence-corrected chi connectivity index (χ0v) is 13.0. The van der Waals surface area contributed by atoms with Crippen LogP contribution >= 0.6 is 0 Å². The summed E-state index contributed by atoms with van der Waals surface area (Å²) in [6.45, 7) is 3.04. The van der Waals surface area contributed by atoms with Crippen molar-refractivity contribution in [2.24, 2.45) is 11.8 Å². The number of carbonyl (C=O) groups is 2. The van der Waals surface area contributed by atoms with Crippen LogP contribution in [0.1, 0.15) is 51.9 Å². The van der Waals surface area contributed by atoms with Gasteiger partial charge >= 0.3 is 0 Å². The second kappa shape index (κ2) is 7.78. The Morgan fingerprint density at radius 2 is 1.90 bits per heavy atom. The summed E-state index contributed by atoms with van der Waals surface area (Å²) < 4.78 is 0. The molecule has 2 aliphatic rings. The summed E-state index contributed by atoms with van der Waals surface area (Å²) >= 11 is 0. The summed E-state index contributed by atoms with van der Waals surface area (Å²) in [7, 11) is 0. The standard InChI is InChI=1S/C16H28N2O3/c1-12(15(20)16(21)17-9-13-7-8-13)18(11-19)10-14-5-3-2-4-6-14/h11-15,20H,2-10H2,1H3,(H,17,21). The maximum Gasteiger partial charge on any atom is 0.250 e. The topological polar surface area (TPSA) is 69.6 Å². The van der Waals surface area contributed by atoms with Crippen LogP contribution in [-0.4, -0.2) is 47.6 Å². The van der Waals surface area contributed by atoms with E-state index in [1.165, 1.54) is 19.3 Å². The van der Waals surface area contributed by atoms with Gasteiger partial charge < -0.3 is 15.3 Å². The van der Waals surface area contributed by atoms with Crippen LogP contribution in [0.2, 0.25) is 0 Å². The molecule has 5 nitrogen and oxygen atoms in total. The highest BCUT2D eigenvalue weighted by atomic mass is 16.3. The Labute approximate surface area is 127 Å². The number of nitrogens with zero attached hydrogens (tertiary/aromatic N) is 1. The molecule has 2 saturated carbocycles. The van der Waals surface area contributed by atoms with Gasteiger partial charge in [0.15, 0.2) is 6.10 Å². The molecule has 0 aromatic heterocycles. The molecule has 2 atom stereocenters. The van der Waals surface area contributed by atoms with E-state index in [1.54, 1.807) is 11.8 Å². The van der Waals surface area contributed by atoms with E-state index in [-0.39, 0.29) is 5.91 Å². The molecule has 0 spiro atoms. The van der Waals surface area contributed by atoms with Gasteiger partial charge in [0.2, 0.25) is 6.41 Å². The Morgan fingerprint density at radius 3 is 2.48 bits per heavy atom. The Morgan fingerprint density at radius 1 is 1.24 bits per heavy atom. The van der Waals surface area contributed by atoms with Gasteiger partial charge in [-0.05, 0) is 44.4 Å². The maximum absolute atomic E-state index is 11.9. The number of hydrogen-bond acceptors (Lipinski definition) is 3. The molecule has 21 heavy (non-hydrogen) atoms. The van der Waals surface area contributed by atoms with Crippen LogP contribution in [0.5, 0.6) is 0 Å². The number of rotatable bonds is 8. The van der Waals surface area contributed by atoms with E-state index in [2.05, 4.69) is 5.32 Å². The average Bonchev–Trinajstić information content (AvgIpc) is 3.34. The molecular formula is C16H28N2O3. The summed E-state index contributed by atoms with van der Waals surface area (Å²) in [5, 5.41) is 12.9. The lowest BCUT2D eigenvalue weighted by Gasteiger charge is -2.33. The van der Waals surface area contributed by atoms with Gasteiger partial charge in [-0.25, -0.2) is 0 Å². The lowest BCUT2D eigenvalue weighted by atomic mass is 9.88. The highest BCUT2D eigenvalue weighted by Gasteiger charge is 2.30. The Balaban J connectivity index is 1.80. The minimum absolute atomic E-state index is 0.357. The van der Waals surface area contributed by atoms with E-state index in [0.717, 1.165) is 32.1 Å². The van der Waals surface area contributed by atoms with Crippen molar-refractivity contribution >= 4 is 12.3 Å². The van der Waals surface area contributed by atoms with Crippen LogP contribution in [0.3, 0.4) is 0 Å². The number of hydrogen-bond donors (Lipinski definition) is 2. The van der Waals surface area contributed by atoms with Crippen molar-refractivity contribution in [3.05, 3.63) is 0 Å². The molecule has 0 aromatic carbocycles. The zero-order chi connectivity index (χ0) is 15.2. The van der Waals surface area contributed by atoms with Gasteiger partial charge in [-0.1, -0.05) is 19.3 Å². The Kier molecular flexibility index (Phi) is 6.03. The fourth-order valence-electron chi connectivity index (χ4n) is 3.05. The Hall–Kier alpha value is -1.10. The second-order valence-electron chi connectivity index (χ2n) is 6.68. The van der Waals surface area contributed by atoms with Crippen molar-refractivity contribution < 1.29 is 14.7 Å². The molecule has 0 heterocycles. The van der Waals surface area contributed by atoms with Crippen LogP contribution < -0.4 is 5.32 Å². The van der Waals surface area contributed by atoms with Crippen molar-refractivity contribution in [2.45, 2.75) is 64.0 Å². The number of aliphatic hydroxyl groups excluding tert-OH is 1.